The Morgan fingerprint density at radius 3 is 2.26 bits per heavy atom. The van der Waals surface area contributed by atoms with Crippen LogP contribution >= 0.6 is 0 Å². The Kier molecular flexibility index (Phi) is 8.33. The maximum atomic E-state index is 5.67. The van der Waals surface area contributed by atoms with Crippen LogP contribution < -0.4 is 0 Å². The van der Waals surface area contributed by atoms with Crippen LogP contribution in [0, 0.1) is 27.2 Å². The Labute approximate surface area is 132 Å². The third-order valence-corrected chi connectivity index (χ3v) is 2.90. The predicted molar refractivity (Wildman–Crippen MR) is 79.5 cm³/mol. The number of hydrogen-bond acceptors (Lipinski definition) is 2. The molecule has 0 amide bonds. The molecule has 1 aromatic rings. The van der Waals surface area contributed by atoms with Crippen LogP contribution in [0.5, 0.6) is 0 Å². The third kappa shape index (κ3) is 4.67. The number of hydrogen-bond donors (Lipinski definition) is 0. The largest absolute Gasteiger partial charge is 3.00 e. The first kappa shape index (κ1) is 20.5. The Hall–Kier alpha value is -0.791. The molecule has 1 aliphatic heterocycles. The Morgan fingerprint density at radius 1 is 1.21 bits per heavy atom. The van der Waals surface area contributed by atoms with E-state index in [1.54, 1.807) is 0 Å². The molecule has 1 heterocycles. The van der Waals surface area contributed by atoms with Gasteiger partial charge in [0.15, 0.2) is 5.90 Å². The van der Waals surface area contributed by atoms with Crippen LogP contribution in [-0.2, 0) is 24.8 Å². The van der Waals surface area contributed by atoms with Crippen molar-refractivity contribution >= 4 is 5.90 Å². The van der Waals surface area contributed by atoms with Crippen molar-refractivity contribution in [2.75, 3.05) is 6.61 Å². The first-order chi connectivity index (χ1) is 7.48. The number of rotatable bonds is 1. The van der Waals surface area contributed by atoms with Crippen LogP contribution in [0.3, 0.4) is 0 Å². The van der Waals surface area contributed by atoms with Gasteiger partial charge in [-0.05, 0) is 5.41 Å². The molecular weight excluding hydrogens is 414 g/mol. The smallest absolute Gasteiger partial charge is 0.485 e. The van der Waals surface area contributed by atoms with Gasteiger partial charge in [0.1, 0.15) is 6.61 Å². The molecule has 0 unspecified atom stereocenters. The van der Waals surface area contributed by atoms with Crippen LogP contribution in [0.4, 0.5) is 0 Å². The molecule has 19 heavy (non-hydrogen) atoms. The molecule has 0 N–H and O–H groups in total. The van der Waals surface area contributed by atoms with Gasteiger partial charge in [0, 0.05) is 0 Å². The zero-order valence-corrected chi connectivity index (χ0v) is 14.9. The molecule has 1 aliphatic rings. The summed E-state index contributed by atoms with van der Waals surface area (Å²) in [5, 5.41) is 0. The minimum absolute atomic E-state index is 0. The summed E-state index contributed by atoms with van der Waals surface area (Å²) in [6, 6.07) is 8.18. The van der Waals surface area contributed by atoms with Crippen molar-refractivity contribution in [2.24, 2.45) is 10.4 Å². The quantitative estimate of drug-likeness (QED) is 0.609. The minimum Gasteiger partial charge on any atom is -0.485 e. The molecule has 0 saturated heterocycles. The van der Waals surface area contributed by atoms with Gasteiger partial charge in [-0.25, -0.2) is 0 Å². The standard InChI is InChI=1S/C14H18NO.2CH3.Ir/c1-10-7-5-6-8-11(10)13-15-12(9-16-13)14(2,3)4;;;/h5-8,12H,1,9H2,2-4H3;2*1H3;/q3*-1;+3/t12-;;;/m1.../s1. The Balaban J connectivity index is 0. The summed E-state index contributed by atoms with van der Waals surface area (Å²) in [5.41, 5.74) is 2.13. The van der Waals surface area contributed by atoms with E-state index in [9.17, 15) is 0 Å². The molecule has 0 aliphatic carbocycles. The minimum atomic E-state index is 0. The van der Waals surface area contributed by atoms with E-state index in [1.807, 2.05) is 24.3 Å². The van der Waals surface area contributed by atoms with Gasteiger partial charge in [0.25, 0.3) is 0 Å². The third-order valence-electron chi connectivity index (χ3n) is 2.90. The molecule has 108 valence electrons. The Morgan fingerprint density at radius 2 is 1.79 bits per heavy atom. The van der Waals surface area contributed by atoms with Crippen LogP contribution in [-0.4, -0.2) is 18.5 Å². The average Bonchev–Trinajstić information content (AvgIpc) is 2.66. The molecule has 0 spiro atoms. The number of nitrogens with zero attached hydrogens (tertiary/aromatic N) is 1. The maximum absolute atomic E-state index is 5.67. The molecule has 0 fully saturated rings. The zero-order valence-electron chi connectivity index (χ0n) is 12.5. The van der Waals surface area contributed by atoms with Crippen molar-refractivity contribution in [1.29, 1.82) is 0 Å². The monoisotopic (exact) mass is 439 g/mol. The second-order valence-electron chi connectivity index (χ2n) is 5.28. The molecule has 1 aromatic carbocycles. The van der Waals surface area contributed by atoms with E-state index in [2.05, 4.69) is 32.7 Å². The van der Waals surface area contributed by atoms with Crippen LogP contribution in [0.1, 0.15) is 31.9 Å². The fraction of sp³-hybridized carbons (Fsp3) is 0.375. The Bertz CT molecular complexity index is 421. The van der Waals surface area contributed by atoms with E-state index < -0.39 is 0 Å². The molecular formula is C16H24IrNO. The van der Waals surface area contributed by atoms with E-state index in [0.29, 0.717) is 6.61 Å². The van der Waals surface area contributed by atoms with Gasteiger partial charge in [0.2, 0.25) is 0 Å². The van der Waals surface area contributed by atoms with Crippen LogP contribution in [0.2, 0.25) is 0 Å². The topological polar surface area (TPSA) is 21.6 Å². The van der Waals surface area contributed by atoms with Gasteiger partial charge in [-0.2, -0.15) is 18.6 Å². The van der Waals surface area contributed by atoms with E-state index >= 15 is 0 Å². The van der Waals surface area contributed by atoms with Gasteiger partial charge in [-0.1, -0.05) is 32.4 Å². The fourth-order valence-electron chi connectivity index (χ4n) is 1.69. The summed E-state index contributed by atoms with van der Waals surface area (Å²) in [6.45, 7) is 11.2. The molecule has 0 bridgehead atoms. The summed E-state index contributed by atoms with van der Waals surface area (Å²) >= 11 is 0. The van der Waals surface area contributed by atoms with Crippen molar-refractivity contribution in [3.05, 3.63) is 57.2 Å². The molecule has 3 heteroatoms. The van der Waals surface area contributed by atoms with Gasteiger partial charge in [-0.3, -0.25) is 4.99 Å². The van der Waals surface area contributed by atoms with E-state index in [4.69, 9.17) is 4.74 Å². The van der Waals surface area contributed by atoms with Crippen LogP contribution in [0.15, 0.2) is 29.3 Å². The van der Waals surface area contributed by atoms with E-state index in [1.165, 1.54) is 0 Å². The molecule has 0 saturated carbocycles. The fourth-order valence-corrected chi connectivity index (χ4v) is 1.69. The maximum Gasteiger partial charge on any atom is 3.00 e. The molecule has 0 aromatic heterocycles. The summed E-state index contributed by atoms with van der Waals surface area (Å²) in [6.07, 6.45) is 0. The van der Waals surface area contributed by atoms with Crippen molar-refractivity contribution in [3.63, 3.8) is 0 Å². The SMILES string of the molecule is [CH2-]c1ccccc1C1=N[C@@H](C(C)(C)C)CO1.[CH3-].[CH3-].[Ir+3]. The first-order valence-electron chi connectivity index (χ1n) is 5.60. The number of ether oxygens (including phenoxy) is 1. The second-order valence-corrected chi connectivity index (χ2v) is 5.28. The average molecular weight is 439 g/mol. The molecule has 0 radical (unpaired) electrons. The van der Waals surface area contributed by atoms with Crippen LogP contribution in [0.25, 0.3) is 0 Å². The summed E-state index contributed by atoms with van der Waals surface area (Å²) in [4.78, 5) is 4.64. The normalized spacial score (nSPS) is 17.2. The van der Waals surface area contributed by atoms with E-state index in [0.717, 1.165) is 17.0 Å². The second kappa shape index (κ2) is 7.71. The number of benzene rings is 1. The van der Waals surface area contributed by atoms with Gasteiger partial charge in [-0.15, -0.1) is 12.1 Å². The van der Waals surface area contributed by atoms with Gasteiger partial charge < -0.3 is 19.6 Å². The van der Waals surface area contributed by atoms with Crippen molar-refractivity contribution in [1.82, 2.24) is 0 Å². The van der Waals surface area contributed by atoms with Gasteiger partial charge in [0.05, 0.1) is 6.04 Å². The first-order valence-corrected chi connectivity index (χ1v) is 5.60. The zero-order chi connectivity index (χ0) is 11.8. The number of aliphatic imine (C=N–C) groups is 1. The van der Waals surface area contributed by atoms with E-state index in [-0.39, 0.29) is 46.4 Å². The summed E-state index contributed by atoms with van der Waals surface area (Å²) in [7, 11) is 0. The van der Waals surface area contributed by atoms with Gasteiger partial charge >= 0.3 is 20.1 Å². The molecule has 2 rings (SSSR count). The molecule has 2 nitrogen and oxygen atoms in total. The predicted octanol–water partition coefficient (Wildman–Crippen LogP) is 3.96. The van der Waals surface area contributed by atoms with Crippen molar-refractivity contribution in [3.8, 4) is 0 Å². The molecule has 1 atom stereocenters. The summed E-state index contributed by atoms with van der Waals surface area (Å²) < 4.78 is 5.67. The van der Waals surface area contributed by atoms with Crippen molar-refractivity contribution in [2.45, 2.75) is 26.8 Å². The van der Waals surface area contributed by atoms with Crippen molar-refractivity contribution < 1.29 is 24.8 Å². The summed E-state index contributed by atoms with van der Waals surface area (Å²) in [5.74, 6) is 0.741.